The Morgan fingerprint density at radius 2 is 1.62 bits per heavy atom. The van der Waals surface area contributed by atoms with Crippen molar-refractivity contribution in [3.63, 3.8) is 0 Å². The van der Waals surface area contributed by atoms with Crippen molar-refractivity contribution in [2.24, 2.45) is 4.99 Å². The fourth-order valence-electron chi connectivity index (χ4n) is 3.02. The molecule has 2 N–H and O–H groups in total. The molecule has 7 nitrogen and oxygen atoms in total. The van der Waals surface area contributed by atoms with Gasteiger partial charge in [0.25, 0.3) is 0 Å². The molecule has 0 radical (unpaired) electrons. The van der Waals surface area contributed by atoms with Gasteiger partial charge in [-0.25, -0.2) is 9.97 Å². The smallest absolute Gasteiger partial charge is 0.227 e. The standard InChI is InChI=1S/C17H21N7/c1-6-18-16(19-7-1)22-14-2-4-15(5-3-14)23-10-12-24(13-11-23)17-20-8-9-21-17/h1-7H,8-13H2,(H,20,21)(H,18,19,22). The van der Waals surface area contributed by atoms with Crippen molar-refractivity contribution in [2.75, 3.05) is 49.5 Å². The zero-order chi connectivity index (χ0) is 16.2. The summed E-state index contributed by atoms with van der Waals surface area (Å²) in [7, 11) is 0. The Morgan fingerprint density at radius 1 is 0.917 bits per heavy atom. The van der Waals surface area contributed by atoms with E-state index >= 15 is 0 Å². The molecule has 124 valence electrons. The number of nitrogens with zero attached hydrogens (tertiary/aromatic N) is 5. The molecule has 0 aliphatic carbocycles. The first-order valence-corrected chi connectivity index (χ1v) is 8.31. The summed E-state index contributed by atoms with van der Waals surface area (Å²) in [5.41, 5.74) is 2.24. The molecule has 3 heterocycles. The van der Waals surface area contributed by atoms with Gasteiger partial charge in [0.1, 0.15) is 0 Å². The maximum absolute atomic E-state index is 4.50. The molecule has 1 aromatic heterocycles. The van der Waals surface area contributed by atoms with Crippen molar-refractivity contribution < 1.29 is 0 Å². The summed E-state index contributed by atoms with van der Waals surface area (Å²) < 4.78 is 0. The van der Waals surface area contributed by atoms with Crippen LogP contribution in [0.2, 0.25) is 0 Å². The van der Waals surface area contributed by atoms with Gasteiger partial charge in [0, 0.05) is 56.5 Å². The van der Waals surface area contributed by atoms with E-state index in [0.717, 1.165) is 50.9 Å². The number of benzene rings is 1. The summed E-state index contributed by atoms with van der Waals surface area (Å²) in [5, 5.41) is 6.55. The van der Waals surface area contributed by atoms with Gasteiger partial charge in [-0.2, -0.15) is 0 Å². The second kappa shape index (κ2) is 6.74. The van der Waals surface area contributed by atoms with Crippen LogP contribution in [0, 0.1) is 0 Å². The molecule has 2 aliphatic rings. The normalized spacial score (nSPS) is 17.4. The molecule has 0 unspecified atom stereocenters. The van der Waals surface area contributed by atoms with Crippen LogP contribution in [0.15, 0.2) is 47.7 Å². The second-order valence-electron chi connectivity index (χ2n) is 5.85. The van der Waals surface area contributed by atoms with Crippen molar-refractivity contribution in [3.8, 4) is 0 Å². The van der Waals surface area contributed by atoms with Crippen molar-refractivity contribution in [1.29, 1.82) is 0 Å². The van der Waals surface area contributed by atoms with Crippen LogP contribution < -0.4 is 15.5 Å². The first-order valence-electron chi connectivity index (χ1n) is 8.31. The molecule has 0 atom stereocenters. The zero-order valence-corrected chi connectivity index (χ0v) is 13.5. The third-order valence-electron chi connectivity index (χ3n) is 4.29. The lowest BCUT2D eigenvalue weighted by atomic mass is 10.2. The third kappa shape index (κ3) is 3.24. The number of hydrogen-bond donors (Lipinski definition) is 2. The molecule has 1 saturated heterocycles. The van der Waals surface area contributed by atoms with Crippen LogP contribution in [-0.2, 0) is 0 Å². The van der Waals surface area contributed by atoms with Crippen LogP contribution in [-0.4, -0.2) is 60.1 Å². The van der Waals surface area contributed by atoms with Crippen molar-refractivity contribution in [3.05, 3.63) is 42.7 Å². The first kappa shape index (κ1) is 14.7. The van der Waals surface area contributed by atoms with Crippen LogP contribution in [0.5, 0.6) is 0 Å². The molecule has 24 heavy (non-hydrogen) atoms. The van der Waals surface area contributed by atoms with Crippen LogP contribution in [0.25, 0.3) is 0 Å². The highest BCUT2D eigenvalue weighted by Gasteiger charge is 2.21. The van der Waals surface area contributed by atoms with Gasteiger partial charge in [-0.15, -0.1) is 0 Å². The van der Waals surface area contributed by atoms with E-state index in [-0.39, 0.29) is 0 Å². The van der Waals surface area contributed by atoms with Gasteiger partial charge in [0.2, 0.25) is 5.95 Å². The zero-order valence-electron chi connectivity index (χ0n) is 13.5. The van der Waals surface area contributed by atoms with Crippen molar-refractivity contribution >= 4 is 23.3 Å². The van der Waals surface area contributed by atoms with E-state index in [0.29, 0.717) is 5.95 Å². The lowest BCUT2D eigenvalue weighted by Crippen LogP contribution is -2.51. The van der Waals surface area contributed by atoms with Crippen molar-refractivity contribution in [1.82, 2.24) is 20.2 Å². The monoisotopic (exact) mass is 323 g/mol. The Labute approximate surface area is 141 Å². The van der Waals surface area contributed by atoms with Gasteiger partial charge in [-0.3, -0.25) is 4.99 Å². The largest absolute Gasteiger partial charge is 0.368 e. The van der Waals surface area contributed by atoms with E-state index in [2.05, 4.69) is 59.7 Å². The van der Waals surface area contributed by atoms with Crippen LogP contribution in [0.4, 0.5) is 17.3 Å². The summed E-state index contributed by atoms with van der Waals surface area (Å²) in [5.74, 6) is 1.68. The Balaban J connectivity index is 1.35. The predicted molar refractivity (Wildman–Crippen MR) is 95.8 cm³/mol. The quantitative estimate of drug-likeness (QED) is 0.887. The van der Waals surface area contributed by atoms with Crippen LogP contribution in [0.1, 0.15) is 0 Å². The third-order valence-corrected chi connectivity index (χ3v) is 4.29. The fraction of sp³-hybridized carbons (Fsp3) is 0.353. The summed E-state index contributed by atoms with van der Waals surface area (Å²) in [6, 6.07) is 10.2. The summed E-state index contributed by atoms with van der Waals surface area (Å²) >= 11 is 0. The SMILES string of the molecule is c1cnc(Nc2ccc(N3CCN(C4=NCCN4)CC3)cc2)nc1. The molecule has 0 bridgehead atoms. The van der Waals surface area contributed by atoms with Gasteiger partial charge in [-0.05, 0) is 30.3 Å². The number of piperazine rings is 1. The maximum atomic E-state index is 4.50. The Kier molecular flexibility index (Phi) is 4.14. The lowest BCUT2D eigenvalue weighted by Gasteiger charge is -2.37. The van der Waals surface area contributed by atoms with E-state index in [1.54, 1.807) is 18.5 Å². The molecular formula is C17H21N7. The molecule has 2 aliphatic heterocycles. The molecule has 0 spiro atoms. The topological polar surface area (TPSA) is 68.7 Å². The number of nitrogens with one attached hydrogen (secondary N) is 2. The minimum atomic E-state index is 0.615. The van der Waals surface area contributed by atoms with Crippen LogP contribution >= 0.6 is 0 Å². The fourth-order valence-corrected chi connectivity index (χ4v) is 3.02. The van der Waals surface area contributed by atoms with E-state index in [4.69, 9.17) is 0 Å². The minimum absolute atomic E-state index is 0.615. The van der Waals surface area contributed by atoms with E-state index < -0.39 is 0 Å². The number of hydrogen-bond acceptors (Lipinski definition) is 7. The molecule has 1 fully saturated rings. The number of anilines is 3. The minimum Gasteiger partial charge on any atom is -0.368 e. The Morgan fingerprint density at radius 3 is 2.29 bits per heavy atom. The molecule has 4 rings (SSSR count). The van der Waals surface area contributed by atoms with Gasteiger partial charge in [-0.1, -0.05) is 0 Å². The van der Waals surface area contributed by atoms with Gasteiger partial charge >= 0.3 is 0 Å². The summed E-state index contributed by atoms with van der Waals surface area (Å²) in [4.78, 5) is 17.6. The second-order valence-corrected chi connectivity index (χ2v) is 5.85. The Bertz CT molecular complexity index is 691. The highest BCUT2D eigenvalue weighted by molar-refractivity contribution is 5.81. The van der Waals surface area contributed by atoms with Crippen molar-refractivity contribution in [2.45, 2.75) is 0 Å². The highest BCUT2D eigenvalue weighted by Crippen LogP contribution is 2.21. The van der Waals surface area contributed by atoms with Gasteiger partial charge in [0.15, 0.2) is 5.96 Å². The summed E-state index contributed by atoms with van der Waals surface area (Å²) in [6.45, 7) is 5.89. The molecule has 1 aromatic carbocycles. The molecule has 0 amide bonds. The number of aliphatic imine (C=N–C) groups is 1. The highest BCUT2D eigenvalue weighted by atomic mass is 15.4. The number of aromatic nitrogens is 2. The predicted octanol–water partition coefficient (Wildman–Crippen LogP) is 1.30. The first-order chi connectivity index (χ1) is 11.9. The molecule has 2 aromatic rings. The summed E-state index contributed by atoms with van der Waals surface area (Å²) in [6.07, 6.45) is 3.46. The van der Waals surface area contributed by atoms with E-state index in [1.165, 1.54) is 5.69 Å². The van der Waals surface area contributed by atoms with Gasteiger partial charge in [0.05, 0.1) is 6.54 Å². The molecular weight excluding hydrogens is 302 g/mol. The van der Waals surface area contributed by atoms with Crippen LogP contribution in [0.3, 0.4) is 0 Å². The number of guanidine groups is 1. The van der Waals surface area contributed by atoms with E-state index in [9.17, 15) is 0 Å². The maximum Gasteiger partial charge on any atom is 0.227 e. The number of rotatable bonds is 3. The van der Waals surface area contributed by atoms with E-state index in [1.807, 2.05) is 0 Å². The molecule has 7 heteroatoms. The lowest BCUT2D eigenvalue weighted by molar-refractivity contribution is 0.377. The molecule has 0 saturated carbocycles. The van der Waals surface area contributed by atoms with Gasteiger partial charge < -0.3 is 20.4 Å². The average molecular weight is 323 g/mol. The Hall–Kier alpha value is -2.83. The average Bonchev–Trinajstić information content (AvgIpc) is 3.18.